The summed E-state index contributed by atoms with van der Waals surface area (Å²) in [6.45, 7) is 4.47. The topological polar surface area (TPSA) is 35.2 Å². The number of ether oxygens (including phenoxy) is 1. The second-order valence-corrected chi connectivity index (χ2v) is 3.23. The van der Waals surface area contributed by atoms with Crippen LogP contribution in [0.15, 0.2) is 30.9 Å². The van der Waals surface area contributed by atoms with Crippen molar-refractivity contribution in [2.45, 2.75) is 12.5 Å². The Morgan fingerprint density at radius 2 is 2.38 bits per heavy atom. The van der Waals surface area contributed by atoms with E-state index >= 15 is 0 Å². The predicted octanol–water partition coefficient (Wildman–Crippen LogP) is 1.81. The number of nitrogens with two attached hydrogens (primary N) is 1. The highest BCUT2D eigenvalue weighted by Crippen LogP contribution is 2.27. The quantitative estimate of drug-likeness (QED) is 0.696. The molecule has 0 amide bonds. The van der Waals surface area contributed by atoms with Gasteiger partial charge in [-0.1, -0.05) is 18.2 Å². The van der Waals surface area contributed by atoms with E-state index in [0.29, 0.717) is 0 Å². The van der Waals surface area contributed by atoms with Crippen LogP contribution in [0, 0.1) is 0 Å². The first-order chi connectivity index (χ1) is 6.31. The summed E-state index contributed by atoms with van der Waals surface area (Å²) >= 11 is 0. The highest BCUT2D eigenvalue weighted by molar-refractivity contribution is 5.41. The van der Waals surface area contributed by atoms with E-state index in [2.05, 4.69) is 12.6 Å². The lowest BCUT2D eigenvalue weighted by molar-refractivity contribution is 0.357. The van der Waals surface area contributed by atoms with E-state index in [4.69, 9.17) is 10.5 Å². The Labute approximate surface area is 78.0 Å². The summed E-state index contributed by atoms with van der Waals surface area (Å²) in [7, 11) is 0. The third kappa shape index (κ3) is 1.45. The van der Waals surface area contributed by atoms with Gasteiger partial charge in [0.25, 0.3) is 0 Å². The van der Waals surface area contributed by atoms with Crippen LogP contribution in [0.2, 0.25) is 0 Å². The summed E-state index contributed by atoms with van der Waals surface area (Å²) < 4.78 is 5.40. The molecule has 1 aromatic carbocycles. The molecule has 1 unspecified atom stereocenters. The summed E-state index contributed by atoms with van der Waals surface area (Å²) in [6, 6.07) is 6.03. The average Bonchev–Trinajstić information content (AvgIpc) is 2.63. The molecule has 2 heteroatoms. The lowest BCUT2D eigenvalue weighted by Gasteiger charge is -2.07. The predicted molar refractivity (Wildman–Crippen MR) is 52.8 cm³/mol. The van der Waals surface area contributed by atoms with Crippen molar-refractivity contribution >= 4 is 0 Å². The number of fused-ring (bicyclic) bond motifs is 1. The van der Waals surface area contributed by atoms with Crippen LogP contribution in [-0.4, -0.2) is 6.61 Å². The van der Waals surface area contributed by atoms with E-state index in [1.54, 1.807) is 6.08 Å². The molecular weight excluding hydrogens is 162 g/mol. The Bertz CT molecular complexity index is 333. The lowest BCUT2D eigenvalue weighted by Crippen LogP contribution is -2.06. The maximum Gasteiger partial charge on any atom is 0.122 e. The van der Waals surface area contributed by atoms with E-state index in [0.717, 1.165) is 24.3 Å². The van der Waals surface area contributed by atoms with Gasteiger partial charge in [0, 0.05) is 12.5 Å². The second-order valence-electron chi connectivity index (χ2n) is 3.23. The SMILES string of the molecule is C=CC(N)c1ccc2c(c1)CCO2. The van der Waals surface area contributed by atoms with Gasteiger partial charge in [0.2, 0.25) is 0 Å². The molecule has 2 rings (SSSR count). The van der Waals surface area contributed by atoms with Gasteiger partial charge in [0.05, 0.1) is 6.61 Å². The highest BCUT2D eigenvalue weighted by Gasteiger charge is 2.13. The first kappa shape index (κ1) is 8.32. The molecule has 0 radical (unpaired) electrons. The van der Waals surface area contributed by atoms with Gasteiger partial charge in [-0.25, -0.2) is 0 Å². The minimum atomic E-state index is -0.0640. The highest BCUT2D eigenvalue weighted by atomic mass is 16.5. The van der Waals surface area contributed by atoms with Gasteiger partial charge in [0.1, 0.15) is 5.75 Å². The molecule has 1 aromatic rings. The third-order valence-electron chi connectivity index (χ3n) is 2.35. The van der Waals surface area contributed by atoms with E-state index in [9.17, 15) is 0 Å². The van der Waals surface area contributed by atoms with Crippen molar-refractivity contribution in [1.29, 1.82) is 0 Å². The van der Waals surface area contributed by atoms with Gasteiger partial charge in [-0.15, -0.1) is 6.58 Å². The van der Waals surface area contributed by atoms with Crippen molar-refractivity contribution in [3.63, 3.8) is 0 Å². The summed E-state index contributed by atoms with van der Waals surface area (Å²) in [5, 5.41) is 0. The maximum absolute atomic E-state index is 5.83. The summed E-state index contributed by atoms with van der Waals surface area (Å²) in [4.78, 5) is 0. The van der Waals surface area contributed by atoms with E-state index < -0.39 is 0 Å². The molecule has 0 fully saturated rings. The van der Waals surface area contributed by atoms with Crippen LogP contribution in [0.1, 0.15) is 17.2 Å². The molecule has 68 valence electrons. The number of hydrogen-bond acceptors (Lipinski definition) is 2. The lowest BCUT2D eigenvalue weighted by atomic mass is 10.0. The van der Waals surface area contributed by atoms with Crippen LogP contribution in [-0.2, 0) is 6.42 Å². The molecule has 0 aromatic heterocycles. The van der Waals surface area contributed by atoms with Gasteiger partial charge in [-0.05, 0) is 17.2 Å². The zero-order chi connectivity index (χ0) is 9.26. The first-order valence-corrected chi connectivity index (χ1v) is 4.45. The van der Waals surface area contributed by atoms with Crippen LogP contribution >= 0.6 is 0 Å². The number of rotatable bonds is 2. The zero-order valence-electron chi connectivity index (χ0n) is 7.49. The molecule has 1 aliphatic rings. The Hall–Kier alpha value is -1.28. The Morgan fingerprint density at radius 1 is 1.54 bits per heavy atom. The summed E-state index contributed by atoms with van der Waals surface area (Å²) in [6.07, 6.45) is 2.74. The van der Waals surface area contributed by atoms with Gasteiger partial charge < -0.3 is 10.5 Å². The molecule has 13 heavy (non-hydrogen) atoms. The van der Waals surface area contributed by atoms with Gasteiger partial charge >= 0.3 is 0 Å². The van der Waals surface area contributed by atoms with Crippen LogP contribution in [0.5, 0.6) is 5.75 Å². The summed E-state index contributed by atoms with van der Waals surface area (Å²) in [5.74, 6) is 1.00. The van der Waals surface area contributed by atoms with Gasteiger partial charge in [-0.3, -0.25) is 0 Å². The molecule has 1 heterocycles. The molecule has 0 aliphatic carbocycles. The third-order valence-corrected chi connectivity index (χ3v) is 2.35. The van der Waals surface area contributed by atoms with Crippen LogP contribution in [0.4, 0.5) is 0 Å². The Balaban J connectivity index is 2.35. The van der Waals surface area contributed by atoms with Crippen molar-refractivity contribution in [1.82, 2.24) is 0 Å². The van der Waals surface area contributed by atoms with Crippen LogP contribution in [0.3, 0.4) is 0 Å². The molecule has 0 spiro atoms. The number of benzene rings is 1. The maximum atomic E-state index is 5.83. The van der Waals surface area contributed by atoms with Crippen molar-refractivity contribution in [2.24, 2.45) is 5.73 Å². The minimum Gasteiger partial charge on any atom is -0.493 e. The monoisotopic (exact) mass is 175 g/mol. The standard InChI is InChI=1S/C11H13NO/c1-2-10(12)8-3-4-11-9(7-8)5-6-13-11/h2-4,7,10H,1,5-6,12H2. The normalized spacial score (nSPS) is 16.1. The Kier molecular flexibility index (Phi) is 2.07. The molecule has 0 bridgehead atoms. The fraction of sp³-hybridized carbons (Fsp3) is 0.273. The van der Waals surface area contributed by atoms with Crippen molar-refractivity contribution in [2.75, 3.05) is 6.61 Å². The van der Waals surface area contributed by atoms with E-state index in [-0.39, 0.29) is 6.04 Å². The fourth-order valence-electron chi connectivity index (χ4n) is 1.55. The smallest absolute Gasteiger partial charge is 0.122 e. The molecule has 1 aliphatic heterocycles. The first-order valence-electron chi connectivity index (χ1n) is 4.45. The van der Waals surface area contributed by atoms with Crippen LogP contribution < -0.4 is 10.5 Å². The molecule has 2 N–H and O–H groups in total. The number of hydrogen-bond donors (Lipinski definition) is 1. The summed E-state index contributed by atoms with van der Waals surface area (Å²) in [5.41, 5.74) is 8.20. The average molecular weight is 175 g/mol. The second kappa shape index (κ2) is 3.23. The molecule has 2 nitrogen and oxygen atoms in total. The Morgan fingerprint density at radius 3 is 3.15 bits per heavy atom. The fourth-order valence-corrected chi connectivity index (χ4v) is 1.55. The van der Waals surface area contributed by atoms with E-state index in [1.807, 2.05) is 12.1 Å². The van der Waals surface area contributed by atoms with Crippen molar-refractivity contribution < 1.29 is 4.74 Å². The molecular formula is C11H13NO. The van der Waals surface area contributed by atoms with Crippen LogP contribution in [0.25, 0.3) is 0 Å². The zero-order valence-corrected chi connectivity index (χ0v) is 7.49. The molecule has 1 atom stereocenters. The van der Waals surface area contributed by atoms with Crippen molar-refractivity contribution in [3.8, 4) is 5.75 Å². The van der Waals surface area contributed by atoms with Gasteiger partial charge in [0.15, 0.2) is 0 Å². The molecule has 0 saturated heterocycles. The van der Waals surface area contributed by atoms with E-state index in [1.165, 1.54) is 5.56 Å². The minimum absolute atomic E-state index is 0.0640. The molecule has 0 saturated carbocycles. The van der Waals surface area contributed by atoms with Gasteiger partial charge in [-0.2, -0.15) is 0 Å². The van der Waals surface area contributed by atoms with Crippen molar-refractivity contribution in [3.05, 3.63) is 42.0 Å². The largest absolute Gasteiger partial charge is 0.493 e.